The monoisotopic (exact) mass is 277 g/mol. The van der Waals surface area contributed by atoms with Gasteiger partial charge in [-0.2, -0.15) is 0 Å². The molecule has 2 amide bonds. The zero-order valence-electron chi connectivity index (χ0n) is 11.8. The van der Waals surface area contributed by atoms with E-state index in [0.717, 1.165) is 0 Å². The SMILES string of the molecule is CC(C)(C)C(N)C(=O)Nc1ccc2c(c1)NC(=O)CO2. The van der Waals surface area contributed by atoms with Crippen LogP contribution < -0.4 is 21.1 Å². The Bertz CT molecular complexity index is 549. The van der Waals surface area contributed by atoms with E-state index in [-0.39, 0.29) is 23.8 Å². The second-order valence-electron chi connectivity index (χ2n) is 5.88. The Balaban J connectivity index is 2.13. The first-order chi connectivity index (χ1) is 9.27. The third-order valence-corrected chi connectivity index (χ3v) is 3.10. The van der Waals surface area contributed by atoms with Crippen molar-refractivity contribution in [3.8, 4) is 5.75 Å². The van der Waals surface area contributed by atoms with Gasteiger partial charge in [-0.25, -0.2) is 0 Å². The highest BCUT2D eigenvalue weighted by Crippen LogP contribution is 2.30. The summed E-state index contributed by atoms with van der Waals surface area (Å²) in [6.07, 6.45) is 0. The molecular weight excluding hydrogens is 258 g/mol. The van der Waals surface area contributed by atoms with E-state index < -0.39 is 6.04 Å². The van der Waals surface area contributed by atoms with E-state index in [1.54, 1.807) is 18.2 Å². The molecule has 1 aromatic rings. The summed E-state index contributed by atoms with van der Waals surface area (Å²) in [5.41, 5.74) is 6.69. The van der Waals surface area contributed by atoms with Crippen LogP contribution in [0.2, 0.25) is 0 Å². The van der Waals surface area contributed by atoms with E-state index in [2.05, 4.69) is 10.6 Å². The second-order valence-corrected chi connectivity index (χ2v) is 5.88. The van der Waals surface area contributed by atoms with Crippen LogP contribution in [0.15, 0.2) is 18.2 Å². The normalized spacial score (nSPS) is 15.7. The lowest BCUT2D eigenvalue weighted by Crippen LogP contribution is -2.45. The fourth-order valence-electron chi connectivity index (χ4n) is 1.77. The molecule has 6 nitrogen and oxygen atoms in total. The van der Waals surface area contributed by atoms with Crippen LogP contribution in [0.5, 0.6) is 5.75 Å². The molecule has 0 bridgehead atoms. The number of benzene rings is 1. The topological polar surface area (TPSA) is 93.5 Å². The Morgan fingerprint density at radius 1 is 1.45 bits per heavy atom. The van der Waals surface area contributed by atoms with E-state index in [1.807, 2.05) is 20.8 Å². The minimum atomic E-state index is -0.621. The summed E-state index contributed by atoms with van der Waals surface area (Å²) >= 11 is 0. The molecular formula is C14H19N3O3. The van der Waals surface area contributed by atoms with Gasteiger partial charge in [0.15, 0.2) is 6.61 Å². The fourth-order valence-corrected chi connectivity index (χ4v) is 1.77. The molecule has 1 aromatic carbocycles. The molecule has 0 aromatic heterocycles. The van der Waals surface area contributed by atoms with E-state index in [1.165, 1.54) is 0 Å². The van der Waals surface area contributed by atoms with Crippen LogP contribution in [0.4, 0.5) is 11.4 Å². The van der Waals surface area contributed by atoms with E-state index >= 15 is 0 Å². The molecule has 0 fully saturated rings. The average molecular weight is 277 g/mol. The Labute approximate surface area is 117 Å². The quantitative estimate of drug-likeness (QED) is 0.760. The van der Waals surface area contributed by atoms with Crippen molar-refractivity contribution in [3.63, 3.8) is 0 Å². The standard InChI is InChI=1S/C14H19N3O3/c1-14(2,3)12(15)13(19)16-8-4-5-10-9(6-8)17-11(18)7-20-10/h4-6,12H,7,15H2,1-3H3,(H,16,19)(H,17,18). The molecule has 1 aliphatic heterocycles. The number of hydrogen-bond donors (Lipinski definition) is 3. The number of rotatable bonds is 2. The maximum Gasteiger partial charge on any atom is 0.262 e. The molecule has 0 aliphatic carbocycles. The predicted molar refractivity (Wildman–Crippen MR) is 76.6 cm³/mol. The van der Waals surface area contributed by atoms with Crippen molar-refractivity contribution in [1.29, 1.82) is 0 Å². The number of ether oxygens (including phenoxy) is 1. The lowest BCUT2D eigenvalue weighted by atomic mass is 9.87. The largest absolute Gasteiger partial charge is 0.482 e. The maximum absolute atomic E-state index is 12.0. The number of amides is 2. The molecule has 108 valence electrons. The summed E-state index contributed by atoms with van der Waals surface area (Å²) in [6.45, 7) is 5.71. The van der Waals surface area contributed by atoms with Crippen LogP contribution in [0.3, 0.4) is 0 Å². The summed E-state index contributed by atoms with van der Waals surface area (Å²) < 4.78 is 5.25. The van der Waals surface area contributed by atoms with Gasteiger partial charge in [0.2, 0.25) is 5.91 Å². The van der Waals surface area contributed by atoms with Crippen LogP contribution in [-0.4, -0.2) is 24.5 Å². The highest BCUT2D eigenvalue weighted by atomic mass is 16.5. The lowest BCUT2D eigenvalue weighted by molar-refractivity contribution is -0.119. The predicted octanol–water partition coefficient (Wildman–Crippen LogP) is 1.33. The minimum absolute atomic E-state index is 0.00754. The fraction of sp³-hybridized carbons (Fsp3) is 0.429. The molecule has 6 heteroatoms. The Morgan fingerprint density at radius 2 is 2.15 bits per heavy atom. The molecule has 1 aliphatic rings. The number of nitrogens with two attached hydrogens (primary N) is 1. The van der Waals surface area contributed by atoms with Crippen LogP contribution in [-0.2, 0) is 9.59 Å². The molecule has 20 heavy (non-hydrogen) atoms. The van der Waals surface area contributed by atoms with Crippen molar-refractivity contribution < 1.29 is 14.3 Å². The van der Waals surface area contributed by atoms with Crippen molar-refractivity contribution in [2.75, 3.05) is 17.2 Å². The van der Waals surface area contributed by atoms with Gasteiger partial charge in [0.05, 0.1) is 11.7 Å². The van der Waals surface area contributed by atoms with Gasteiger partial charge < -0.3 is 21.1 Å². The van der Waals surface area contributed by atoms with Crippen LogP contribution in [0, 0.1) is 5.41 Å². The molecule has 4 N–H and O–H groups in total. The molecule has 1 atom stereocenters. The summed E-state index contributed by atoms with van der Waals surface area (Å²) in [5, 5.41) is 5.43. The van der Waals surface area contributed by atoms with Gasteiger partial charge in [-0.1, -0.05) is 20.8 Å². The van der Waals surface area contributed by atoms with E-state index in [4.69, 9.17) is 10.5 Å². The highest BCUT2D eigenvalue weighted by molar-refractivity contribution is 5.98. The summed E-state index contributed by atoms with van der Waals surface area (Å²) in [5.74, 6) is 0.107. The highest BCUT2D eigenvalue weighted by Gasteiger charge is 2.27. The maximum atomic E-state index is 12.0. The number of fused-ring (bicyclic) bond motifs is 1. The lowest BCUT2D eigenvalue weighted by Gasteiger charge is -2.26. The van der Waals surface area contributed by atoms with Gasteiger partial charge in [0.25, 0.3) is 5.91 Å². The van der Waals surface area contributed by atoms with Crippen molar-refractivity contribution in [2.24, 2.45) is 11.1 Å². The minimum Gasteiger partial charge on any atom is -0.482 e. The van der Waals surface area contributed by atoms with Crippen LogP contribution >= 0.6 is 0 Å². The zero-order valence-corrected chi connectivity index (χ0v) is 11.8. The zero-order chi connectivity index (χ0) is 14.9. The first-order valence-corrected chi connectivity index (χ1v) is 6.40. The first kappa shape index (κ1) is 14.3. The van der Waals surface area contributed by atoms with Gasteiger partial charge in [0, 0.05) is 5.69 Å². The van der Waals surface area contributed by atoms with Crippen molar-refractivity contribution in [2.45, 2.75) is 26.8 Å². The van der Waals surface area contributed by atoms with Crippen molar-refractivity contribution in [1.82, 2.24) is 0 Å². The third-order valence-electron chi connectivity index (χ3n) is 3.10. The second kappa shape index (κ2) is 5.13. The van der Waals surface area contributed by atoms with E-state index in [0.29, 0.717) is 17.1 Å². The van der Waals surface area contributed by atoms with Gasteiger partial charge in [0.1, 0.15) is 5.75 Å². The molecule has 0 spiro atoms. The van der Waals surface area contributed by atoms with E-state index in [9.17, 15) is 9.59 Å². The summed E-state index contributed by atoms with van der Waals surface area (Å²) in [6, 6.07) is 4.44. The van der Waals surface area contributed by atoms with Crippen LogP contribution in [0.25, 0.3) is 0 Å². The van der Waals surface area contributed by atoms with Crippen molar-refractivity contribution in [3.05, 3.63) is 18.2 Å². The van der Waals surface area contributed by atoms with Gasteiger partial charge in [-0.05, 0) is 23.6 Å². The van der Waals surface area contributed by atoms with Gasteiger partial charge in [-0.15, -0.1) is 0 Å². The molecule has 1 heterocycles. The van der Waals surface area contributed by atoms with Crippen LogP contribution in [0.1, 0.15) is 20.8 Å². The molecule has 0 radical (unpaired) electrons. The molecule has 2 rings (SSSR count). The number of nitrogens with one attached hydrogen (secondary N) is 2. The van der Waals surface area contributed by atoms with Gasteiger partial charge in [-0.3, -0.25) is 9.59 Å². The number of hydrogen-bond acceptors (Lipinski definition) is 4. The van der Waals surface area contributed by atoms with Crippen molar-refractivity contribution >= 4 is 23.2 Å². The Kier molecular flexibility index (Phi) is 3.67. The third kappa shape index (κ3) is 3.08. The molecule has 1 unspecified atom stereocenters. The smallest absolute Gasteiger partial charge is 0.262 e. The molecule has 0 saturated carbocycles. The summed E-state index contributed by atoms with van der Waals surface area (Å²) in [7, 11) is 0. The van der Waals surface area contributed by atoms with Gasteiger partial charge >= 0.3 is 0 Å². The number of carbonyl (C=O) groups is 2. The Hall–Kier alpha value is -2.08. The summed E-state index contributed by atoms with van der Waals surface area (Å²) in [4.78, 5) is 23.3. The number of anilines is 2. The number of carbonyl (C=O) groups excluding carboxylic acids is 2. The first-order valence-electron chi connectivity index (χ1n) is 6.40. The Morgan fingerprint density at radius 3 is 2.80 bits per heavy atom. The average Bonchev–Trinajstić information content (AvgIpc) is 2.36. The molecule has 0 saturated heterocycles.